The minimum atomic E-state index is 0.00389. The normalized spacial score (nSPS) is 11.0. The van der Waals surface area contributed by atoms with Gasteiger partial charge in [0.05, 0.1) is 12.1 Å². The predicted octanol–water partition coefficient (Wildman–Crippen LogP) is 3.32. The van der Waals surface area contributed by atoms with Crippen LogP contribution in [0.1, 0.15) is 11.3 Å². The van der Waals surface area contributed by atoms with E-state index >= 15 is 0 Å². The molecule has 0 atom stereocenters. The molecule has 2 N–H and O–H groups in total. The van der Waals surface area contributed by atoms with E-state index in [1.54, 1.807) is 11.3 Å². The highest BCUT2D eigenvalue weighted by atomic mass is 32.1. The molecule has 0 spiro atoms. The summed E-state index contributed by atoms with van der Waals surface area (Å²) < 4.78 is 1.95. The smallest absolute Gasteiger partial charge is 0.226 e. The Morgan fingerprint density at radius 1 is 1.20 bits per heavy atom. The number of hydrogen-bond donors (Lipinski definition) is 2. The molecule has 0 aliphatic rings. The van der Waals surface area contributed by atoms with Crippen molar-refractivity contribution in [1.82, 2.24) is 19.9 Å². The fraction of sp³-hybridized carbons (Fsp3) is 0.158. The quantitative estimate of drug-likeness (QED) is 0.560. The van der Waals surface area contributed by atoms with Crippen molar-refractivity contribution in [3.8, 4) is 5.13 Å². The van der Waals surface area contributed by atoms with Crippen LogP contribution in [0.2, 0.25) is 0 Å². The number of rotatable bonds is 6. The van der Waals surface area contributed by atoms with Gasteiger partial charge in [0.25, 0.3) is 0 Å². The van der Waals surface area contributed by atoms with E-state index < -0.39 is 0 Å². The molecule has 0 unspecified atom stereocenters. The summed E-state index contributed by atoms with van der Waals surface area (Å²) in [6.07, 6.45) is 7.03. The molecule has 3 heterocycles. The number of thiazole rings is 1. The largest absolute Gasteiger partial charge is 0.361 e. The van der Waals surface area contributed by atoms with Gasteiger partial charge in [0.15, 0.2) is 5.13 Å². The second-order valence-electron chi connectivity index (χ2n) is 5.85. The van der Waals surface area contributed by atoms with E-state index in [0.29, 0.717) is 13.0 Å². The molecule has 1 amide bonds. The van der Waals surface area contributed by atoms with Crippen LogP contribution in [0.25, 0.3) is 16.0 Å². The third-order valence-electron chi connectivity index (χ3n) is 4.10. The maximum atomic E-state index is 12.1. The van der Waals surface area contributed by atoms with Crippen molar-refractivity contribution in [2.24, 2.45) is 0 Å². The van der Waals surface area contributed by atoms with Crippen LogP contribution in [0.3, 0.4) is 0 Å². The summed E-state index contributed by atoms with van der Waals surface area (Å²) in [5.74, 6) is 0.00389. The number of para-hydroxylation sites is 1. The summed E-state index contributed by atoms with van der Waals surface area (Å²) in [6, 6.07) is 12.1. The van der Waals surface area contributed by atoms with Gasteiger partial charge >= 0.3 is 0 Å². The molecule has 25 heavy (non-hydrogen) atoms. The molecule has 0 aliphatic heterocycles. The number of hydrogen-bond acceptors (Lipinski definition) is 3. The maximum Gasteiger partial charge on any atom is 0.226 e. The summed E-state index contributed by atoms with van der Waals surface area (Å²) in [4.78, 5) is 19.9. The molecule has 0 fully saturated rings. The molecule has 5 nitrogen and oxygen atoms in total. The van der Waals surface area contributed by atoms with Gasteiger partial charge in [-0.25, -0.2) is 4.98 Å². The van der Waals surface area contributed by atoms with Crippen molar-refractivity contribution in [3.05, 3.63) is 71.6 Å². The van der Waals surface area contributed by atoms with E-state index in [-0.39, 0.29) is 5.91 Å². The van der Waals surface area contributed by atoms with Gasteiger partial charge in [-0.05, 0) is 30.2 Å². The fourth-order valence-corrected chi connectivity index (χ4v) is 3.65. The summed E-state index contributed by atoms with van der Waals surface area (Å²) in [6.45, 7) is 0.620. The Bertz CT molecular complexity index is 984. The maximum absolute atomic E-state index is 12.1. The Morgan fingerprint density at radius 3 is 2.92 bits per heavy atom. The number of nitrogens with one attached hydrogen (secondary N) is 2. The zero-order chi connectivity index (χ0) is 17.1. The van der Waals surface area contributed by atoms with E-state index in [2.05, 4.69) is 27.4 Å². The van der Waals surface area contributed by atoms with Crippen LogP contribution in [0.15, 0.2) is 60.4 Å². The zero-order valence-corrected chi connectivity index (χ0v) is 14.4. The van der Waals surface area contributed by atoms with E-state index in [1.165, 1.54) is 10.9 Å². The van der Waals surface area contributed by atoms with Crippen LogP contribution >= 0.6 is 11.3 Å². The Hall–Kier alpha value is -2.86. The monoisotopic (exact) mass is 350 g/mol. The molecular formula is C19H18N4OS. The van der Waals surface area contributed by atoms with Gasteiger partial charge in [-0.15, -0.1) is 11.3 Å². The first-order valence-corrected chi connectivity index (χ1v) is 9.07. The number of benzene rings is 1. The minimum Gasteiger partial charge on any atom is -0.361 e. The third-order valence-corrected chi connectivity index (χ3v) is 5.00. The molecule has 0 saturated heterocycles. The van der Waals surface area contributed by atoms with Crippen LogP contribution in [-0.2, 0) is 17.6 Å². The summed E-state index contributed by atoms with van der Waals surface area (Å²) in [5.41, 5.74) is 3.15. The lowest BCUT2D eigenvalue weighted by Gasteiger charge is -2.03. The van der Waals surface area contributed by atoms with E-state index in [0.717, 1.165) is 22.8 Å². The van der Waals surface area contributed by atoms with Gasteiger partial charge in [-0.2, -0.15) is 0 Å². The van der Waals surface area contributed by atoms with Crippen LogP contribution in [0.5, 0.6) is 0 Å². The van der Waals surface area contributed by atoms with Crippen LogP contribution in [-0.4, -0.2) is 27.0 Å². The molecule has 0 saturated carbocycles. The number of carbonyl (C=O) groups is 1. The Labute approximate surface area is 149 Å². The topological polar surface area (TPSA) is 62.7 Å². The van der Waals surface area contributed by atoms with E-state index in [1.807, 2.05) is 52.8 Å². The SMILES string of the molecule is O=C(Cc1csc(-n2cccc2)n1)NCCc1c[nH]c2ccccc12. The average molecular weight is 350 g/mol. The number of H-pyrrole nitrogens is 1. The second-order valence-corrected chi connectivity index (χ2v) is 6.68. The molecular weight excluding hydrogens is 332 g/mol. The van der Waals surface area contributed by atoms with Gasteiger partial charge in [-0.1, -0.05) is 18.2 Å². The number of aromatic nitrogens is 3. The molecule has 6 heteroatoms. The Morgan fingerprint density at radius 2 is 2.04 bits per heavy atom. The van der Waals surface area contributed by atoms with Crippen molar-refractivity contribution >= 4 is 28.1 Å². The summed E-state index contributed by atoms with van der Waals surface area (Å²) in [7, 11) is 0. The first kappa shape index (κ1) is 15.7. The lowest BCUT2D eigenvalue weighted by Crippen LogP contribution is -2.27. The summed E-state index contributed by atoms with van der Waals surface area (Å²) in [5, 5.41) is 7.02. The molecule has 3 aromatic heterocycles. The van der Waals surface area contributed by atoms with Gasteiger partial charge in [0.2, 0.25) is 5.91 Å². The van der Waals surface area contributed by atoms with Crippen LogP contribution < -0.4 is 5.32 Å². The standard InChI is InChI=1S/C19H18N4OS/c24-18(11-15-13-25-19(22-15)23-9-3-4-10-23)20-8-7-14-12-21-17-6-2-1-5-16(14)17/h1-6,9-10,12-13,21H,7-8,11H2,(H,20,24). The Kier molecular flexibility index (Phi) is 4.35. The third kappa shape index (κ3) is 3.49. The second kappa shape index (κ2) is 6.94. The van der Waals surface area contributed by atoms with E-state index in [4.69, 9.17) is 0 Å². The molecule has 0 bridgehead atoms. The number of amides is 1. The van der Waals surface area contributed by atoms with E-state index in [9.17, 15) is 4.79 Å². The molecule has 0 radical (unpaired) electrons. The number of fused-ring (bicyclic) bond motifs is 1. The number of aromatic amines is 1. The Balaban J connectivity index is 1.31. The highest BCUT2D eigenvalue weighted by Gasteiger charge is 2.09. The fourth-order valence-electron chi connectivity index (χ4n) is 2.86. The van der Waals surface area contributed by atoms with Gasteiger partial charge in [0.1, 0.15) is 0 Å². The molecule has 4 rings (SSSR count). The number of nitrogens with zero attached hydrogens (tertiary/aromatic N) is 2. The molecule has 1 aromatic carbocycles. The molecule has 0 aliphatic carbocycles. The van der Waals surface area contributed by atoms with Crippen LogP contribution in [0, 0.1) is 0 Å². The summed E-state index contributed by atoms with van der Waals surface area (Å²) >= 11 is 1.54. The van der Waals surface area contributed by atoms with Gasteiger partial charge < -0.3 is 14.9 Å². The van der Waals surface area contributed by atoms with Crippen molar-refractivity contribution in [2.45, 2.75) is 12.8 Å². The first-order chi connectivity index (χ1) is 12.3. The highest BCUT2D eigenvalue weighted by molar-refractivity contribution is 7.12. The lowest BCUT2D eigenvalue weighted by atomic mass is 10.1. The first-order valence-electron chi connectivity index (χ1n) is 8.19. The number of carbonyl (C=O) groups excluding carboxylic acids is 1. The van der Waals surface area contributed by atoms with Gasteiger partial charge in [0, 0.05) is 41.4 Å². The molecule has 4 aromatic rings. The minimum absolute atomic E-state index is 0.00389. The van der Waals surface area contributed by atoms with Gasteiger partial charge in [-0.3, -0.25) is 4.79 Å². The van der Waals surface area contributed by atoms with Crippen molar-refractivity contribution in [3.63, 3.8) is 0 Å². The van der Waals surface area contributed by atoms with Crippen molar-refractivity contribution in [1.29, 1.82) is 0 Å². The predicted molar refractivity (Wildman–Crippen MR) is 100 cm³/mol. The zero-order valence-electron chi connectivity index (χ0n) is 13.6. The average Bonchev–Trinajstić information content (AvgIpc) is 3.35. The lowest BCUT2D eigenvalue weighted by molar-refractivity contribution is -0.120. The van der Waals surface area contributed by atoms with Crippen LogP contribution in [0.4, 0.5) is 0 Å². The molecule has 126 valence electrons. The highest BCUT2D eigenvalue weighted by Crippen LogP contribution is 2.18. The van der Waals surface area contributed by atoms with Crippen molar-refractivity contribution in [2.75, 3.05) is 6.54 Å². The van der Waals surface area contributed by atoms with Crippen molar-refractivity contribution < 1.29 is 4.79 Å².